The van der Waals surface area contributed by atoms with Gasteiger partial charge in [0.2, 0.25) is 5.95 Å². The van der Waals surface area contributed by atoms with Gasteiger partial charge in [-0.05, 0) is 36.8 Å². The summed E-state index contributed by atoms with van der Waals surface area (Å²) in [6.07, 6.45) is -2.16. The molecular formula is C18H18F3N3O2. The number of benzene rings is 1. The molecule has 0 bridgehead atoms. The van der Waals surface area contributed by atoms with Crippen molar-refractivity contribution in [2.45, 2.75) is 37.3 Å². The molecule has 0 unspecified atom stereocenters. The Morgan fingerprint density at radius 2 is 1.96 bits per heavy atom. The number of hydrogen-bond acceptors (Lipinski definition) is 5. The lowest BCUT2D eigenvalue weighted by Crippen LogP contribution is -2.23. The fraction of sp³-hybridized carbons (Fsp3) is 0.389. The second kappa shape index (κ2) is 6.59. The van der Waals surface area contributed by atoms with Crippen molar-refractivity contribution in [3.63, 3.8) is 0 Å². The van der Waals surface area contributed by atoms with Gasteiger partial charge >= 0.3 is 12.1 Å². The summed E-state index contributed by atoms with van der Waals surface area (Å²) >= 11 is 0. The largest absolute Gasteiger partial charge is 0.468 e. The molecule has 1 saturated carbocycles. The molecular weight excluding hydrogens is 347 g/mol. The smallest absolute Gasteiger partial charge is 0.419 e. The minimum Gasteiger partial charge on any atom is -0.468 e. The quantitative estimate of drug-likeness (QED) is 0.824. The minimum atomic E-state index is -4.55. The van der Waals surface area contributed by atoms with E-state index in [9.17, 15) is 18.0 Å². The van der Waals surface area contributed by atoms with Crippen molar-refractivity contribution in [1.82, 2.24) is 9.97 Å². The molecule has 8 heteroatoms. The lowest BCUT2D eigenvalue weighted by Gasteiger charge is -2.18. The molecule has 0 aliphatic heterocycles. The second-order valence-corrected chi connectivity index (χ2v) is 6.32. The van der Waals surface area contributed by atoms with Crippen LogP contribution in [0.15, 0.2) is 30.5 Å². The molecule has 1 heterocycles. The van der Waals surface area contributed by atoms with Crippen LogP contribution in [0.3, 0.4) is 0 Å². The Balaban J connectivity index is 1.89. The van der Waals surface area contributed by atoms with E-state index in [0.717, 1.165) is 11.1 Å². The van der Waals surface area contributed by atoms with Crippen molar-refractivity contribution in [1.29, 1.82) is 0 Å². The molecule has 1 aromatic carbocycles. The number of aryl methyl sites for hydroxylation is 2. The zero-order chi connectivity index (χ0) is 18.9. The summed E-state index contributed by atoms with van der Waals surface area (Å²) in [6, 6.07) is 7.26. The fourth-order valence-corrected chi connectivity index (χ4v) is 3.22. The average molecular weight is 365 g/mol. The predicted octanol–water partition coefficient (Wildman–Crippen LogP) is 3.07. The number of anilines is 1. The van der Waals surface area contributed by atoms with Gasteiger partial charge in [0.1, 0.15) is 0 Å². The van der Waals surface area contributed by atoms with E-state index in [1.807, 2.05) is 18.2 Å². The van der Waals surface area contributed by atoms with Crippen molar-refractivity contribution in [2.24, 2.45) is 0 Å². The summed E-state index contributed by atoms with van der Waals surface area (Å²) in [5.41, 5.74) is 5.35. The van der Waals surface area contributed by atoms with Crippen LogP contribution in [0.25, 0.3) is 0 Å². The molecule has 1 aliphatic carbocycles. The van der Waals surface area contributed by atoms with Gasteiger partial charge < -0.3 is 10.5 Å². The van der Waals surface area contributed by atoms with E-state index in [4.69, 9.17) is 10.5 Å². The monoisotopic (exact) mass is 365 g/mol. The van der Waals surface area contributed by atoms with Crippen LogP contribution in [0.5, 0.6) is 0 Å². The van der Waals surface area contributed by atoms with E-state index in [1.165, 1.54) is 7.11 Å². The molecule has 1 fully saturated rings. The molecule has 5 nitrogen and oxygen atoms in total. The molecule has 0 radical (unpaired) electrons. The lowest BCUT2D eigenvalue weighted by molar-refractivity contribution is -0.143. The first-order valence-corrected chi connectivity index (χ1v) is 8.13. The van der Waals surface area contributed by atoms with Gasteiger partial charge in [-0.25, -0.2) is 9.97 Å². The van der Waals surface area contributed by atoms with E-state index in [1.54, 1.807) is 6.07 Å². The summed E-state index contributed by atoms with van der Waals surface area (Å²) in [5.74, 6) is -0.512. The van der Waals surface area contributed by atoms with Gasteiger partial charge in [0.15, 0.2) is 0 Å². The van der Waals surface area contributed by atoms with E-state index >= 15 is 0 Å². The number of nitrogens with two attached hydrogens (primary N) is 1. The Hall–Kier alpha value is -2.64. The van der Waals surface area contributed by atoms with Crippen LogP contribution in [0.2, 0.25) is 0 Å². The first kappa shape index (κ1) is 18.2. The number of halogens is 3. The van der Waals surface area contributed by atoms with Crippen LogP contribution in [-0.2, 0) is 34.0 Å². The molecule has 0 amide bonds. The van der Waals surface area contributed by atoms with Crippen molar-refractivity contribution in [3.8, 4) is 0 Å². The standard InChI is InChI=1S/C18H18F3N3O2/c1-26-15(25)17(8-9-17)12-5-3-2-4-11(12)6-7-14-13(18(19,20)21)10-23-16(22)24-14/h2-5,10H,6-9H2,1H3,(H2,22,23,24). The van der Waals surface area contributed by atoms with Crippen molar-refractivity contribution in [2.75, 3.05) is 12.8 Å². The zero-order valence-electron chi connectivity index (χ0n) is 14.1. The van der Waals surface area contributed by atoms with Gasteiger partial charge in [-0.15, -0.1) is 0 Å². The van der Waals surface area contributed by atoms with Crippen molar-refractivity contribution in [3.05, 3.63) is 52.8 Å². The lowest BCUT2D eigenvalue weighted by atomic mass is 9.89. The van der Waals surface area contributed by atoms with Crippen molar-refractivity contribution >= 4 is 11.9 Å². The van der Waals surface area contributed by atoms with Gasteiger partial charge in [0.25, 0.3) is 0 Å². The number of methoxy groups -OCH3 is 1. The number of rotatable bonds is 5. The Morgan fingerprint density at radius 3 is 2.58 bits per heavy atom. The Morgan fingerprint density at radius 1 is 1.27 bits per heavy atom. The number of aromatic nitrogens is 2. The summed E-state index contributed by atoms with van der Waals surface area (Å²) in [6.45, 7) is 0. The predicted molar refractivity (Wildman–Crippen MR) is 88.2 cm³/mol. The van der Waals surface area contributed by atoms with E-state index in [0.29, 0.717) is 25.5 Å². The highest BCUT2D eigenvalue weighted by molar-refractivity contribution is 5.87. The number of alkyl halides is 3. The maximum absolute atomic E-state index is 13.2. The van der Waals surface area contributed by atoms with Crippen molar-refractivity contribution < 1.29 is 22.7 Å². The highest BCUT2D eigenvalue weighted by atomic mass is 19.4. The van der Waals surface area contributed by atoms with Crippen LogP contribution >= 0.6 is 0 Å². The number of nitrogens with zero attached hydrogens (tertiary/aromatic N) is 2. The van der Waals surface area contributed by atoms with Crippen LogP contribution in [0.4, 0.5) is 19.1 Å². The number of carbonyl (C=O) groups excluding carboxylic acids is 1. The van der Waals surface area contributed by atoms with E-state index < -0.39 is 17.2 Å². The molecule has 0 saturated heterocycles. The van der Waals surface area contributed by atoms with Gasteiger partial charge in [0.05, 0.1) is 23.8 Å². The molecule has 1 aromatic heterocycles. The van der Waals surface area contributed by atoms with E-state index in [-0.39, 0.29) is 24.0 Å². The van der Waals surface area contributed by atoms with Crippen LogP contribution in [-0.4, -0.2) is 23.0 Å². The number of ether oxygens (including phenoxy) is 1. The molecule has 3 rings (SSSR count). The third kappa shape index (κ3) is 3.36. The third-order valence-electron chi connectivity index (χ3n) is 4.68. The van der Waals surface area contributed by atoms with Gasteiger partial charge in [0, 0.05) is 6.20 Å². The van der Waals surface area contributed by atoms with Gasteiger partial charge in [-0.2, -0.15) is 13.2 Å². The topological polar surface area (TPSA) is 78.1 Å². The Labute approximate surface area is 148 Å². The Kier molecular flexibility index (Phi) is 4.60. The molecule has 138 valence electrons. The van der Waals surface area contributed by atoms with Crippen LogP contribution in [0, 0.1) is 0 Å². The third-order valence-corrected chi connectivity index (χ3v) is 4.68. The van der Waals surface area contributed by atoms with Gasteiger partial charge in [-0.1, -0.05) is 24.3 Å². The maximum Gasteiger partial charge on any atom is 0.419 e. The number of nitrogen functional groups attached to an aromatic ring is 1. The molecule has 0 atom stereocenters. The average Bonchev–Trinajstić information content (AvgIpc) is 3.40. The molecule has 1 aliphatic rings. The first-order valence-electron chi connectivity index (χ1n) is 8.13. The highest BCUT2D eigenvalue weighted by Crippen LogP contribution is 2.50. The van der Waals surface area contributed by atoms with Crippen LogP contribution < -0.4 is 5.73 Å². The second-order valence-electron chi connectivity index (χ2n) is 6.32. The normalized spacial score (nSPS) is 15.5. The number of carbonyl (C=O) groups is 1. The molecule has 0 spiro atoms. The van der Waals surface area contributed by atoms with Crippen LogP contribution in [0.1, 0.15) is 35.2 Å². The summed E-state index contributed by atoms with van der Waals surface area (Å²) in [5, 5.41) is 0. The highest BCUT2D eigenvalue weighted by Gasteiger charge is 2.53. The first-order chi connectivity index (χ1) is 12.3. The minimum absolute atomic E-state index is 0.0375. The summed E-state index contributed by atoms with van der Waals surface area (Å²) < 4.78 is 44.4. The Bertz CT molecular complexity index is 833. The summed E-state index contributed by atoms with van der Waals surface area (Å²) in [7, 11) is 1.34. The maximum atomic E-state index is 13.2. The SMILES string of the molecule is COC(=O)C1(c2ccccc2CCc2nc(N)ncc2C(F)(F)F)CC1. The summed E-state index contributed by atoms with van der Waals surface area (Å²) in [4.78, 5) is 19.4. The molecule has 26 heavy (non-hydrogen) atoms. The number of esters is 1. The van der Waals surface area contributed by atoms with E-state index in [2.05, 4.69) is 9.97 Å². The molecule has 2 aromatic rings. The fourth-order valence-electron chi connectivity index (χ4n) is 3.22. The number of hydrogen-bond donors (Lipinski definition) is 1. The molecule has 2 N–H and O–H groups in total. The zero-order valence-corrected chi connectivity index (χ0v) is 14.1. The van der Waals surface area contributed by atoms with Gasteiger partial charge in [-0.3, -0.25) is 4.79 Å².